The molecule has 4 heterocycles. The van der Waals surface area contributed by atoms with E-state index >= 15 is 0 Å². The molecule has 5 rings (SSSR count). The molecule has 0 saturated heterocycles. The summed E-state index contributed by atoms with van der Waals surface area (Å²) in [5.41, 5.74) is 15.9. The van der Waals surface area contributed by atoms with Crippen LogP contribution in [0, 0.1) is 0 Å². The molecule has 11 heteroatoms. The number of carbonyl (C=O) groups excluding carboxylic acids is 1. The molecule has 11 nitrogen and oxygen atoms in total. The number of aromatic amines is 1. The molecule has 5 N–H and O–H groups in total. The molecule has 4 aromatic heterocycles. The molecule has 194 valence electrons. The lowest BCUT2D eigenvalue weighted by Crippen LogP contribution is -2.30. The van der Waals surface area contributed by atoms with E-state index in [4.69, 9.17) is 20.9 Å². The van der Waals surface area contributed by atoms with Crippen molar-refractivity contribution in [3.63, 3.8) is 0 Å². The van der Waals surface area contributed by atoms with E-state index in [1.165, 1.54) is 0 Å². The Kier molecular flexibility index (Phi) is 6.86. The Morgan fingerprint density at radius 3 is 2.71 bits per heavy atom. The van der Waals surface area contributed by atoms with Crippen LogP contribution in [0.2, 0.25) is 0 Å². The van der Waals surface area contributed by atoms with Gasteiger partial charge in [0.15, 0.2) is 0 Å². The van der Waals surface area contributed by atoms with Crippen molar-refractivity contribution in [2.45, 2.75) is 25.5 Å². The number of amides is 1. The van der Waals surface area contributed by atoms with Crippen LogP contribution in [0.3, 0.4) is 0 Å². The average Bonchev–Trinajstić information content (AvgIpc) is 3.57. The van der Waals surface area contributed by atoms with Gasteiger partial charge in [-0.15, -0.1) is 0 Å². The maximum absolute atomic E-state index is 11.1. The number of aryl methyl sites for hydroxylation is 1. The van der Waals surface area contributed by atoms with Crippen LogP contribution in [0.25, 0.3) is 33.4 Å². The molecule has 0 aliphatic carbocycles. The molecule has 1 amide bonds. The van der Waals surface area contributed by atoms with Crippen molar-refractivity contribution in [3.05, 3.63) is 78.5 Å². The van der Waals surface area contributed by atoms with Gasteiger partial charge in [-0.2, -0.15) is 5.10 Å². The van der Waals surface area contributed by atoms with Gasteiger partial charge in [0.05, 0.1) is 17.6 Å². The van der Waals surface area contributed by atoms with Gasteiger partial charge < -0.3 is 25.9 Å². The summed E-state index contributed by atoms with van der Waals surface area (Å²) < 4.78 is 13.1. The van der Waals surface area contributed by atoms with E-state index < -0.39 is 5.60 Å². The SMILES string of the molecule is COCOC(C)(c1ccccc1)c1cc(-c2c[nH]c3ncc(-c4cnn(CCC(N)=O)c4)cc23)nc(N)n1. The fourth-order valence-corrected chi connectivity index (χ4v) is 4.32. The predicted molar refractivity (Wildman–Crippen MR) is 142 cm³/mol. The van der Waals surface area contributed by atoms with Crippen molar-refractivity contribution in [2.24, 2.45) is 5.73 Å². The molecule has 0 aliphatic rings. The van der Waals surface area contributed by atoms with Gasteiger partial charge in [-0.05, 0) is 24.6 Å². The lowest BCUT2D eigenvalue weighted by Gasteiger charge is -2.30. The van der Waals surface area contributed by atoms with E-state index in [0.717, 1.165) is 27.6 Å². The van der Waals surface area contributed by atoms with E-state index in [1.807, 2.05) is 61.8 Å². The standard InChI is InChI=1S/C27H28N8O3/c1-27(38-16-37-2,19-6-4-3-5-7-19)23-11-22(33-26(29)34-23)21-14-31-25-20(21)10-17(12-30-25)18-13-32-35(15-18)9-8-24(28)36/h3-7,10-15H,8-9,16H2,1-2H3,(H2,28,36)(H,30,31)(H2,29,33,34). The molecule has 38 heavy (non-hydrogen) atoms. The number of nitrogens with one attached hydrogen (secondary N) is 1. The quantitative estimate of drug-likeness (QED) is 0.240. The maximum atomic E-state index is 11.1. The summed E-state index contributed by atoms with van der Waals surface area (Å²) in [5.74, 6) is -0.253. The number of nitrogens with zero attached hydrogens (tertiary/aromatic N) is 5. The number of fused-ring (bicyclic) bond motifs is 1. The Labute approximate surface area is 218 Å². The normalized spacial score (nSPS) is 13.0. The van der Waals surface area contributed by atoms with Crippen LogP contribution >= 0.6 is 0 Å². The number of methoxy groups -OCH3 is 1. The van der Waals surface area contributed by atoms with Crippen molar-refractivity contribution in [2.75, 3.05) is 19.6 Å². The highest BCUT2D eigenvalue weighted by molar-refractivity contribution is 5.95. The highest BCUT2D eigenvalue weighted by atomic mass is 16.7. The number of primary amides is 1. The maximum Gasteiger partial charge on any atom is 0.220 e. The minimum atomic E-state index is -0.932. The van der Waals surface area contributed by atoms with Crippen molar-refractivity contribution in [3.8, 4) is 22.4 Å². The smallest absolute Gasteiger partial charge is 0.220 e. The Hall–Kier alpha value is -4.61. The van der Waals surface area contributed by atoms with Gasteiger partial charge in [0.1, 0.15) is 18.0 Å². The Balaban J connectivity index is 1.55. The van der Waals surface area contributed by atoms with Crippen LogP contribution in [0.1, 0.15) is 24.6 Å². The summed E-state index contributed by atoms with van der Waals surface area (Å²) in [6.45, 7) is 2.41. The van der Waals surface area contributed by atoms with Crippen LogP contribution < -0.4 is 11.5 Å². The molecule has 0 saturated carbocycles. The largest absolute Gasteiger partial charge is 0.370 e. The van der Waals surface area contributed by atoms with E-state index in [-0.39, 0.29) is 25.1 Å². The van der Waals surface area contributed by atoms with Gasteiger partial charge in [0, 0.05) is 60.7 Å². The molecule has 1 unspecified atom stereocenters. The summed E-state index contributed by atoms with van der Waals surface area (Å²) in [4.78, 5) is 28.0. The van der Waals surface area contributed by atoms with Crippen LogP contribution in [0.5, 0.6) is 0 Å². The molecule has 5 aromatic rings. The summed E-state index contributed by atoms with van der Waals surface area (Å²) in [6, 6.07) is 13.7. The minimum Gasteiger partial charge on any atom is -0.370 e. The highest BCUT2D eigenvalue weighted by Crippen LogP contribution is 2.36. The molecule has 0 bridgehead atoms. The molecule has 0 aliphatic heterocycles. The van der Waals surface area contributed by atoms with Crippen molar-refractivity contribution >= 4 is 22.9 Å². The highest BCUT2D eigenvalue weighted by Gasteiger charge is 2.33. The second-order valence-electron chi connectivity index (χ2n) is 8.98. The van der Waals surface area contributed by atoms with Crippen LogP contribution in [0.15, 0.2) is 67.3 Å². The van der Waals surface area contributed by atoms with Crippen LogP contribution in [0.4, 0.5) is 5.95 Å². The number of nitrogen functional groups attached to an aromatic ring is 1. The lowest BCUT2D eigenvalue weighted by atomic mass is 9.91. The first-order chi connectivity index (χ1) is 18.4. The van der Waals surface area contributed by atoms with Gasteiger partial charge in [0.2, 0.25) is 11.9 Å². The van der Waals surface area contributed by atoms with Crippen LogP contribution in [-0.4, -0.2) is 49.5 Å². The van der Waals surface area contributed by atoms with E-state index in [1.54, 1.807) is 24.2 Å². The van der Waals surface area contributed by atoms with Gasteiger partial charge in [-0.3, -0.25) is 9.48 Å². The molecule has 0 radical (unpaired) electrons. The predicted octanol–water partition coefficient (Wildman–Crippen LogP) is 3.22. The summed E-state index contributed by atoms with van der Waals surface area (Å²) in [5, 5.41) is 5.19. The van der Waals surface area contributed by atoms with E-state index in [2.05, 4.69) is 25.0 Å². The third kappa shape index (κ3) is 4.97. The molecular weight excluding hydrogens is 484 g/mol. The molecule has 1 atom stereocenters. The van der Waals surface area contributed by atoms with E-state index in [9.17, 15) is 4.79 Å². The number of pyridine rings is 1. The molecule has 1 aromatic carbocycles. The number of aromatic nitrogens is 6. The Morgan fingerprint density at radius 2 is 1.95 bits per heavy atom. The third-order valence-electron chi connectivity index (χ3n) is 6.38. The van der Waals surface area contributed by atoms with Crippen molar-refractivity contribution < 1.29 is 14.3 Å². The molecule has 0 spiro atoms. The Morgan fingerprint density at radius 1 is 1.13 bits per heavy atom. The van der Waals surface area contributed by atoms with E-state index in [0.29, 0.717) is 23.6 Å². The fourth-order valence-electron chi connectivity index (χ4n) is 4.32. The number of rotatable bonds is 10. The number of hydrogen-bond donors (Lipinski definition) is 3. The number of benzene rings is 1. The first-order valence-electron chi connectivity index (χ1n) is 12.0. The zero-order valence-electron chi connectivity index (χ0n) is 21.1. The Bertz CT molecular complexity index is 1580. The summed E-state index contributed by atoms with van der Waals surface area (Å²) >= 11 is 0. The van der Waals surface area contributed by atoms with Crippen LogP contribution in [-0.2, 0) is 26.4 Å². The number of hydrogen-bond acceptors (Lipinski definition) is 8. The monoisotopic (exact) mass is 512 g/mol. The molecule has 0 fully saturated rings. The van der Waals surface area contributed by atoms with Gasteiger partial charge in [-0.25, -0.2) is 15.0 Å². The number of anilines is 1. The van der Waals surface area contributed by atoms with Gasteiger partial charge in [-0.1, -0.05) is 30.3 Å². The zero-order valence-corrected chi connectivity index (χ0v) is 21.1. The second kappa shape index (κ2) is 10.4. The number of carbonyl (C=O) groups is 1. The first-order valence-corrected chi connectivity index (χ1v) is 12.0. The fraction of sp³-hybridized carbons (Fsp3) is 0.222. The summed E-state index contributed by atoms with van der Waals surface area (Å²) in [7, 11) is 1.57. The average molecular weight is 513 g/mol. The lowest BCUT2D eigenvalue weighted by molar-refractivity contribution is -0.118. The van der Waals surface area contributed by atoms with Gasteiger partial charge >= 0.3 is 0 Å². The molecular formula is C27H28N8O3. The first kappa shape index (κ1) is 25.1. The van der Waals surface area contributed by atoms with Crippen molar-refractivity contribution in [1.29, 1.82) is 0 Å². The second-order valence-corrected chi connectivity index (χ2v) is 8.98. The number of nitrogens with two attached hydrogens (primary N) is 2. The van der Waals surface area contributed by atoms with Crippen molar-refractivity contribution in [1.82, 2.24) is 29.7 Å². The van der Waals surface area contributed by atoms with Gasteiger partial charge in [0.25, 0.3) is 0 Å². The third-order valence-corrected chi connectivity index (χ3v) is 6.38. The zero-order chi connectivity index (χ0) is 26.7. The minimum absolute atomic E-state index is 0.0676. The topological polar surface area (TPSA) is 160 Å². The summed E-state index contributed by atoms with van der Waals surface area (Å²) in [6.07, 6.45) is 7.42. The number of ether oxygens (including phenoxy) is 2. The number of H-pyrrole nitrogens is 1.